The number of hydrogen-bond acceptors (Lipinski definition) is 4. The first-order chi connectivity index (χ1) is 8.13. The molecule has 4 nitrogen and oxygen atoms in total. The van der Waals surface area contributed by atoms with Crippen molar-refractivity contribution in [2.24, 2.45) is 0 Å². The van der Waals surface area contributed by atoms with E-state index in [1.54, 1.807) is 11.8 Å². The van der Waals surface area contributed by atoms with E-state index in [-0.39, 0.29) is 18.6 Å². The molecular weight excluding hydrogens is 238 g/mol. The van der Waals surface area contributed by atoms with Gasteiger partial charge in [0.05, 0.1) is 25.1 Å². The van der Waals surface area contributed by atoms with Gasteiger partial charge in [0.15, 0.2) is 0 Å². The maximum atomic E-state index is 11.8. The van der Waals surface area contributed by atoms with Gasteiger partial charge in [0.25, 0.3) is 0 Å². The Morgan fingerprint density at radius 2 is 2.12 bits per heavy atom. The molecule has 17 heavy (non-hydrogen) atoms. The van der Waals surface area contributed by atoms with Crippen molar-refractivity contribution < 1.29 is 14.6 Å². The van der Waals surface area contributed by atoms with Gasteiger partial charge in [-0.05, 0) is 18.1 Å². The molecule has 0 saturated carbocycles. The molecule has 1 saturated heterocycles. The Balaban J connectivity index is 2.19. The number of aliphatic hydroxyl groups excluding tert-OH is 1. The van der Waals surface area contributed by atoms with Crippen molar-refractivity contribution in [3.63, 3.8) is 0 Å². The molecule has 100 valence electrons. The summed E-state index contributed by atoms with van der Waals surface area (Å²) in [6.45, 7) is 6.26. The molecule has 0 aromatic rings. The average Bonchev–Trinajstić information content (AvgIpc) is 2.34. The second-order valence-electron chi connectivity index (χ2n) is 4.53. The zero-order chi connectivity index (χ0) is 12.7. The lowest BCUT2D eigenvalue weighted by atomic mass is 10.1. The molecule has 1 heterocycles. The van der Waals surface area contributed by atoms with E-state index in [1.807, 2.05) is 4.90 Å². The van der Waals surface area contributed by atoms with Gasteiger partial charge >= 0.3 is 0 Å². The number of thioether (sulfide) groups is 1. The molecule has 0 spiro atoms. The van der Waals surface area contributed by atoms with Gasteiger partial charge in [-0.2, -0.15) is 0 Å². The fourth-order valence-electron chi connectivity index (χ4n) is 1.82. The van der Waals surface area contributed by atoms with Gasteiger partial charge in [0.1, 0.15) is 0 Å². The van der Waals surface area contributed by atoms with E-state index in [0.717, 1.165) is 25.9 Å². The Hall–Kier alpha value is -0.260. The standard InChI is InChI=1S/C12H23NO3S/c1-10(2)17-9-12(15)13-5-3-11(4-6-13)16-8-7-14/h10-11,14H,3-9H2,1-2H3. The minimum atomic E-state index is 0.0736. The number of rotatable bonds is 6. The van der Waals surface area contributed by atoms with Gasteiger partial charge in [-0.15, -0.1) is 11.8 Å². The highest BCUT2D eigenvalue weighted by Gasteiger charge is 2.22. The third kappa shape index (κ3) is 5.75. The van der Waals surface area contributed by atoms with Crippen LogP contribution in [0.4, 0.5) is 0 Å². The molecule has 0 aliphatic carbocycles. The number of carbonyl (C=O) groups excluding carboxylic acids is 1. The van der Waals surface area contributed by atoms with Crippen molar-refractivity contribution in [2.45, 2.75) is 38.0 Å². The van der Waals surface area contributed by atoms with Crippen molar-refractivity contribution >= 4 is 17.7 Å². The normalized spacial score (nSPS) is 17.8. The van der Waals surface area contributed by atoms with Crippen LogP contribution in [-0.2, 0) is 9.53 Å². The molecular formula is C12H23NO3S. The lowest BCUT2D eigenvalue weighted by Gasteiger charge is -2.32. The minimum absolute atomic E-state index is 0.0736. The second kappa shape index (κ2) is 7.95. The Morgan fingerprint density at radius 1 is 1.47 bits per heavy atom. The van der Waals surface area contributed by atoms with Crippen molar-refractivity contribution in [1.29, 1.82) is 0 Å². The van der Waals surface area contributed by atoms with Crippen LogP contribution in [-0.4, -0.2) is 59.3 Å². The summed E-state index contributed by atoms with van der Waals surface area (Å²) in [5, 5.41) is 9.17. The van der Waals surface area contributed by atoms with E-state index in [9.17, 15) is 4.79 Å². The summed E-state index contributed by atoms with van der Waals surface area (Å²) in [5.41, 5.74) is 0. The summed E-state index contributed by atoms with van der Waals surface area (Å²) >= 11 is 1.69. The highest BCUT2D eigenvalue weighted by Crippen LogP contribution is 2.16. The fraction of sp³-hybridized carbons (Fsp3) is 0.917. The molecule has 0 atom stereocenters. The van der Waals surface area contributed by atoms with Crippen molar-refractivity contribution in [1.82, 2.24) is 4.90 Å². The Morgan fingerprint density at radius 3 is 2.65 bits per heavy atom. The van der Waals surface area contributed by atoms with E-state index in [1.165, 1.54) is 0 Å². The molecule has 1 aliphatic rings. The first kappa shape index (κ1) is 14.8. The van der Waals surface area contributed by atoms with Gasteiger partial charge in [-0.1, -0.05) is 13.8 Å². The Labute approximate surface area is 108 Å². The summed E-state index contributed by atoms with van der Waals surface area (Å²) in [7, 11) is 0. The van der Waals surface area contributed by atoms with E-state index in [0.29, 0.717) is 17.6 Å². The van der Waals surface area contributed by atoms with Gasteiger partial charge in [0, 0.05) is 13.1 Å². The molecule has 1 N–H and O–H groups in total. The molecule has 0 aromatic carbocycles. The van der Waals surface area contributed by atoms with Crippen LogP contribution in [0.5, 0.6) is 0 Å². The number of nitrogens with zero attached hydrogens (tertiary/aromatic N) is 1. The number of aliphatic hydroxyl groups is 1. The van der Waals surface area contributed by atoms with Crippen LogP contribution < -0.4 is 0 Å². The molecule has 1 amide bonds. The predicted octanol–water partition coefficient (Wildman–Crippen LogP) is 1.13. The van der Waals surface area contributed by atoms with Crippen LogP contribution in [0.1, 0.15) is 26.7 Å². The molecule has 0 radical (unpaired) electrons. The highest BCUT2D eigenvalue weighted by atomic mass is 32.2. The number of amides is 1. The van der Waals surface area contributed by atoms with Crippen molar-refractivity contribution in [3.8, 4) is 0 Å². The summed E-state index contributed by atoms with van der Waals surface area (Å²) < 4.78 is 5.47. The SMILES string of the molecule is CC(C)SCC(=O)N1CCC(OCCO)CC1. The molecule has 1 fully saturated rings. The summed E-state index contributed by atoms with van der Waals surface area (Å²) in [5.74, 6) is 0.823. The third-order valence-electron chi connectivity index (χ3n) is 2.78. The van der Waals surface area contributed by atoms with Crippen LogP contribution >= 0.6 is 11.8 Å². The molecule has 1 aliphatic heterocycles. The van der Waals surface area contributed by atoms with Gasteiger partial charge in [-0.3, -0.25) is 4.79 Å². The third-order valence-corrected chi connectivity index (χ3v) is 3.86. The van der Waals surface area contributed by atoms with Gasteiger partial charge in [0.2, 0.25) is 5.91 Å². The molecule has 0 aromatic heterocycles. The van der Waals surface area contributed by atoms with Gasteiger partial charge in [-0.25, -0.2) is 0 Å². The number of piperidine rings is 1. The predicted molar refractivity (Wildman–Crippen MR) is 70.2 cm³/mol. The monoisotopic (exact) mass is 261 g/mol. The van der Waals surface area contributed by atoms with E-state index < -0.39 is 0 Å². The lowest BCUT2D eigenvalue weighted by molar-refractivity contribution is -0.131. The number of ether oxygens (including phenoxy) is 1. The largest absolute Gasteiger partial charge is 0.394 e. The number of likely N-dealkylation sites (tertiary alicyclic amines) is 1. The van der Waals surface area contributed by atoms with Crippen LogP contribution in [0.3, 0.4) is 0 Å². The van der Waals surface area contributed by atoms with Crippen LogP contribution in [0, 0.1) is 0 Å². The Kier molecular flexibility index (Phi) is 6.92. The smallest absolute Gasteiger partial charge is 0.232 e. The highest BCUT2D eigenvalue weighted by molar-refractivity contribution is 8.00. The maximum Gasteiger partial charge on any atom is 0.232 e. The van der Waals surface area contributed by atoms with Crippen LogP contribution in [0.15, 0.2) is 0 Å². The average molecular weight is 261 g/mol. The topological polar surface area (TPSA) is 49.8 Å². The second-order valence-corrected chi connectivity index (χ2v) is 6.10. The molecule has 5 heteroatoms. The summed E-state index contributed by atoms with van der Waals surface area (Å²) in [6, 6.07) is 0. The number of carbonyl (C=O) groups is 1. The lowest BCUT2D eigenvalue weighted by Crippen LogP contribution is -2.42. The summed E-state index contributed by atoms with van der Waals surface area (Å²) in [6.07, 6.45) is 1.99. The summed E-state index contributed by atoms with van der Waals surface area (Å²) in [4.78, 5) is 13.8. The molecule has 0 bridgehead atoms. The molecule has 0 unspecified atom stereocenters. The van der Waals surface area contributed by atoms with Gasteiger partial charge < -0.3 is 14.7 Å². The zero-order valence-corrected chi connectivity index (χ0v) is 11.5. The first-order valence-electron chi connectivity index (χ1n) is 6.25. The molecule has 1 rings (SSSR count). The first-order valence-corrected chi connectivity index (χ1v) is 7.30. The van der Waals surface area contributed by atoms with E-state index in [4.69, 9.17) is 9.84 Å². The Bertz CT molecular complexity index is 228. The van der Waals surface area contributed by atoms with E-state index >= 15 is 0 Å². The zero-order valence-electron chi connectivity index (χ0n) is 10.7. The van der Waals surface area contributed by atoms with Crippen LogP contribution in [0.2, 0.25) is 0 Å². The minimum Gasteiger partial charge on any atom is -0.394 e. The maximum absolute atomic E-state index is 11.8. The number of hydrogen-bond donors (Lipinski definition) is 1. The van der Waals surface area contributed by atoms with Crippen LogP contribution in [0.25, 0.3) is 0 Å². The quantitative estimate of drug-likeness (QED) is 0.778. The fourth-order valence-corrected chi connectivity index (χ4v) is 2.48. The van der Waals surface area contributed by atoms with Crippen molar-refractivity contribution in [2.75, 3.05) is 32.1 Å². The van der Waals surface area contributed by atoms with Crippen molar-refractivity contribution in [3.05, 3.63) is 0 Å². The van der Waals surface area contributed by atoms with E-state index in [2.05, 4.69) is 13.8 Å².